The van der Waals surface area contributed by atoms with Crippen LogP contribution >= 0.6 is 0 Å². The van der Waals surface area contributed by atoms with Gasteiger partial charge in [-0.25, -0.2) is 4.79 Å². The Morgan fingerprint density at radius 3 is 2.93 bits per heavy atom. The maximum atomic E-state index is 11.4. The van der Waals surface area contributed by atoms with Crippen molar-refractivity contribution >= 4 is 30.2 Å². The maximum Gasteiger partial charge on any atom is 0.339 e. The van der Waals surface area contributed by atoms with Gasteiger partial charge in [0, 0.05) is 6.20 Å². The highest BCUT2D eigenvalue weighted by atomic mass is 16.5. The molecule has 0 saturated heterocycles. The molecule has 1 aromatic heterocycles. The molecule has 3 nitrogen and oxygen atoms in total. The molecular weight excluding hydrogens is 177 g/mol. The molecule has 4 heteroatoms. The molecule has 14 heavy (non-hydrogen) atoms. The van der Waals surface area contributed by atoms with Crippen LogP contribution in [0.2, 0.25) is 0 Å². The van der Waals surface area contributed by atoms with E-state index in [1.807, 2.05) is 6.07 Å². The summed E-state index contributed by atoms with van der Waals surface area (Å²) in [5.74, 6) is -0.363. The SMILES string of the molecule is [B]c1ccc(C(=O)OC)c2[nH]ccc12. The third kappa shape index (κ3) is 1.19. The zero-order valence-corrected chi connectivity index (χ0v) is 7.70. The normalized spacial score (nSPS) is 10.4. The molecule has 0 amide bonds. The molecule has 2 rings (SSSR count). The van der Waals surface area contributed by atoms with Gasteiger partial charge < -0.3 is 9.72 Å². The summed E-state index contributed by atoms with van der Waals surface area (Å²) < 4.78 is 4.65. The van der Waals surface area contributed by atoms with Crippen molar-refractivity contribution in [3.05, 3.63) is 30.0 Å². The van der Waals surface area contributed by atoms with Crippen LogP contribution in [0, 0.1) is 0 Å². The monoisotopic (exact) mass is 185 g/mol. The Morgan fingerprint density at radius 2 is 2.21 bits per heavy atom. The van der Waals surface area contributed by atoms with Crippen LogP contribution in [0.1, 0.15) is 10.4 Å². The molecule has 0 spiro atoms. The molecule has 1 N–H and O–H groups in total. The predicted molar refractivity (Wildman–Crippen MR) is 55.0 cm³/mol. The lowest BCUT2D eigenvalue weighted by Crippen LogP contribution is -2.08. The summed E-state index contributed by atoms with van der Waals surface area (Å²) in [4.78, 5) is 14.3. The van der Waals surface area contributed by atoms with E-state index in [2.05, 4.69) is 9.72 Å². The van der Waals surface area contributed by atoms with Crippen LogP contribution in [0.25, 0.3) is 10.9 Å². The van der Waals surface area contributed by atoms with Crippen LogP contribution < -0.4 is 5.46 Å². The fourth-order valence-corrected chi connectivity index (χ4v) is 1.46. The number of H-pyrrole nitrogens is 1. The minimum atomic E-state index is -0.363. The Hall–Kier alpha value is -1.71. The van der Waals surface area contributed by atoms with Gasteiger partial charge in [0.05, 0.1) is 18.2 Å². The fraction of sp³-hybridized carbons (Fsp3) is 0.100. The highest BCUT2D eigenvalue weighted by Gasteiger charge is 2.11. The number of carbonyl (C=O) groups excluding carboxylic acids is 1. The van der Waals surface area contributed by atoms with Crippen molar-refractivity contribution in [2.75, 3.05) is 7.11 Å². The molecule has 0 aliphatic carbocycles. The largest absolute Gasteiger partial charge is 0.465 e. The van der Waals surface area contributed by atoms with Gasteiger partial charge in [-0.2, -0.15) is 0 Å². The first-order valence-corrected chi connectivity index (χ1v) is 4.18. The van der Waals surface area contributed by atoms with Crippen LogP contribution in [0.4, 0.5) is 0 Å². The lowest BCUT2D eigenvalue weighted by atomic mass is 9.91. The van der Waals surface area contributed by atoms with Gasteiger partial charge in [0.25, 0.3) is 0 Å². The van der Waals surface area contributed by atoms with E-state index in [0.717, 1.165) is 10.9 Å². The molecule has 68 valence electrons. The van der Waals surface area contributed by atoms with Crippen molar-refractivity contribution < 1.29 is 9.53 Å². The lowest BCUT2D eigenvalue weighted by Gasteiger charge is -2.03. The topological polar surface area (TPSA) is 42.1 Å². The Balaban J connectivity index is 2.72. The number of nitrogens with one attached hydrogen (secondary N) is 1. The van der Waals surface area contributed by atoms with Crippen LogP contribution in [0.15, 0.2) is 24.4 Å². The number of hydrogen-bond donors (Lipinski definition) is 1. The molecule has 0 aliphatic heterocycles. The molecule has 0 saturated carbocycles. The molecule has 0 atom stereocenters. The minimum absolute atomic E-state index is 0.363. The number of fused-ring (bicyclic) bond motifs is 1. The van der Waals surface area contributed by atoms with E-state index < -0.39 is 0 Å². The number of aromatic amines is 1. The van der Waals surface area contributed by atoms with Crippen molar-refractivity contribution in [1.82, 2.24) is 4.98 Å². The van der Waals surface area contributed by atoms with Crippen LogP contribution in [0.3, 0.4) is 0 Å². The number of aromatic nitrogens is 1. The van der Waals surface area contributed by atoms with Gasteiger partial charge in [0.15, 0.2) is 0 Å². The molecule has 2 aromatic rings. The first-order chi connectivity index (χ1) is 6.74. The lowest BCUT2D eigenvalue weighted by molar-refractivity contribution is 0.0603. The summed E-state index contributed by atoms with van der Waals surface area (Å²) in [5, 5.41) is 0.841. The Morgan fingerprint density at radius 1 is 1.43 bits per heavy atom. The summed E-state index contributed by atoms with van der Waals surface area (Å²) in [6.45, 7) is 0. The minimum Gasteiger partial charge on any atom is -0.465 e. The van der Waals surface area contributed by atoms with Gasteiger partial charge >= 0.3 is 5.97 Å². The second-order valence-electron chi connectivity index (χ2n) is 2.96. The van der Waals surface area contributed by atoms with Gasteiger partial charge in [0.2, 0.25) is 0 Å². The summed E-state index contributed by atoms with van der Waals surface area (Å²) in [6, 6.07) is 5.18. The Kier molecular flexibility index (Phi) is 2.04. The molecule has 2 radical (unpaired) electrons. The van der Waals surface area contributed by atoms with Crippen molar-refractivity contribution in [3.63, 3.8) is 0 Å². The van der Waals surface area contributed by atoms with Crippen molar-refractivity contribution in [2.24, 2.45) is 0 Å². The molecular formula is C10H8BNO2. The standard InChI is InChI=1S/C10H8BNO2/c1-14-10(13)7-2-3-8(11)6-4-5-12-9(6)7/h2-5,12H,1H3. The summed E-state index contributed by atoms with van der Waals surface area (Å²) in [6.07, 6.45) is 1.74. The zero-order valence-electron chi connectivity index (χ0n) is 7.70. The second-order valence-corrected chi connectivity index (χ2v) is 2.96. The van der Waals surface area contributed by atoms with Crippen molar-refractivity contribution in [1.29, 1.82) is 0 Å². The van der Waals surface area contributed by atoms with Crippen molar-refractivity contribution in [2.45, 2.75) is 0 Å². The summed E-state index contributed by atoms with van der Waals surface area (Å²) in [7, 11) is 7.09. The fourth-order valence-electron chi connectivity index (χ4n) is 1.46. The zero-order chi connectivity index (χ0) is 10.1. The summed E-state index contributed by atoms with van der Waals surface area (Å²) in [5.41, 5.74) is 1.87. The first kappa shape index (κ1) is 8.87. The van der Waals surface area contributed by atoms with E-state index in [9.17, 15) is 4.79 Å². The van der Waals surface area contributed by atoms with Gasteiger partial charge in [-0.15, -0.1) is 0 Å². The molecule has 1 aromatic carbocycles. The van der Waals surface area contributed by atoms with Gasteiger partial charge in [-0.1, -0.05) is 11.5 Å². The highest BCUT2D eigenvalue weighted by molar-refractivity contribution is 6.39. The first-order valence-electron chi connectivity index (χ1n) is 4.18. The van der Waals surface area contributed by atoms with Crippen molar-refractivity contribution in [3.8, 4) is 0 Å². The molecule has 1 heterocycles. The number of carbonyl (C=O) groups is 1. The summed E-state index contributed by atoms with van der Waals surface area (Å²) >= 11 is 0. The third-order valence-electron chi connectivity index (χ3n) is 2.16. The van der Waals surface area contributed by atoms with Crippen LogP contribution in [-0.2, 0) is 4.74 Å². The number of esters is 1. The van der Waals surface area contributed by atoms with E-state index in [-0.39, 0.29) is 5.97 Å². The van der Waals surface area contributed by atoms with E-state index in [0.29, 0.717) is 11.0 Å². The second kappa shape index (κ2) is 3.22. The van der Waals surface area contributed by atoms with Gasteiger partial charge in [-0.3, -0.25) is 0 Å². The number of methoxy groups -OCH3 is 1. The maximum absolute atomic E-state index is 11.4. The third-order valence-corrected chi connectivity index (χ3v) is 2.16. The Bertz CT molecular complexity index is 490. The van der Waals surface area contributed by atoms with Crippen LogP contribution in [0.5, 0.6) is 0 Å². The number of benzene rings is 1. The van der Waals surface area contributed by atoms with Gasteiger partial charge in [0.1, 0.15) is 7.85 Å². The average Bonchev–Trinajstić information content (AvgIpc) is 2.67. The number of ether oxygens (including phenoxy) is 1. The predicted octanol–water partition coefficient (Wildman–Crippen LogP) is 0.748. The quantitative estimate of drug-likeness (QED) is 0.526. The van der Waals surface area contributed by atoms with E-state index in [1.54, 1.807) is 18.3 Å². The highest BCUT2D eigenvalue weighted by Crippen LogP contribution is 2.15. The van der Waals surface area contributed by atoms with E-state index in [4.69, 9.17) is 7.85 Å². The Labute approximate surface area is 82.5 Å². The molecule has 0 fully saturated rings. The number of rotatable bonds is 1. The van der Waals surface area contributed by atoms with Gasteiger partial charge in [-0.05, 0) is 17.5 Å². The van der Waals surface area contributed by atoms with E-state index in [1.165, 1.54) is 7.11 Å². The molecule has 0 bridgehead atoms. The molecule has 0 aliphatic rings. The van der Waals surface area contributed by atoms with Crippen LogP contribution in [-0.4, -0.2) is 25.9 Å². The molecule has 0 unspecified atom stereocenters. The average molecular weight is 185 g/mol. The van der Waals surface area contributed by atoms with E-state index >= 15 is 0 Å². The number of hydrogen-bond acceptors (Lipinski definition) is 2. The smallest absolute Gasteiger partial charge is 0.339 e.